The van der Waals surface area contributed by atoms with Gasteiger partial charge in [0.25, 0.3) is 5.56 Å². The second-order valence-corrected chi connectivity index (χ2v) is 18.1. The fourth-order valence-corrected chi connectivity index (χ4v) is 10.2. The first-order valence-electron chi connectivity index (χ1n) is 22.7. The molecule has 0 radical (unpaired) electrons. The van der Waals surface area contributed by atoms with Crippen molar-refractivity contribution in [3.05, 3.63) is 116 Å². The highest BCUT2D eigenvalue weighted by Crippen LogP contribution is 2.42. The number of benzene rings is 3. The van der Waals surface area contributed by atoms with Crippen molar-refractivity contribution in [1.82, 2.24) is 33.8 Å². The SMILES string of the molecule is CCc1c2c(nc3ccc(OCN4CCC(CCCn5ccc6cc(-n7c(-c8cc(C(C)C)c(O)cc8O)n[nH]c7=O)ccc65)CC4)cc13)-c1cc3c(c(=O)n1C2)COC(=O)C3(O)CC. The lowest BCUT2D eigenvalue weighted by molar-refractivity contribution is -0.172. The first-order chi connectivity index (χ1) is 31.4. The number of rotatable bonds is 12. The standard InChI is InChI=1S/C50H53N7O8/c1-5-33-35-21-32(10-11-40(35)51-45-37(33)25-56-42(45)23-39-38(47(56)60)26-64-48(61)50(39,63)6-2)65-27-54-17-13-29(14-18-54)8-7-16-55-19-15-30-20-31(9-12-41(30)55)57-46(52-53-49(57)62)36-22-34(28(3)4)43(58)24-44(36)59/h9-12,15,19-24,28-29,58-59,63H,5-8,13-14,16-18,25-27H2,1-4H3,(H,53,62). The van der Waals surface area contributed by atoms with Gasteiger partial charge in [-0.05, 0) is 116 Å². The molecule has 7 aromatic rings. The fourth-order valence-electron chi connectivity index (χ4n) is 10.2. The van der Waals surface area contributed by atoms with E-state index in [1.807, 2.05) is 44.2 Å². The van der Waals surface area contributed by atoms with Crippen LogP contribution < -0.4 is 16.0 Å². The number of aromatic amines is 1. The molecule has 4 N–H and O–H groups in total. The van der Waals surface area contributed by atoms with Crippen LogP contribution in [0.3, 0.4) is 0 Å². The van der Waals surface area contributed by atoms with Gasteiger partial charge in [0, 0.05) is 59.3 Å². The summed E-state index contributed by atoms with van der Waals surface area (Å²) in [7, 11) is 0. The summed E-state index contributed by atoms with van der Waals surface area (Å²) >= 11 is 0. The third kappa shape index (κ3) is 7.17. The second-order valence-electron chi connectivity index (χ2n) is 18.1. The van der Waals surface area contributed by atoms with Gasteiger partial charge in [-0.2, -0.15) is 5.10 Å². The van der Waals surface area contributed by atoms with Crippen molar-refractivity contribution in [1.29, 1.82) is 0 Å². The molecule has 0 spiro atoms. The summed E-state index contributed by atoms with van der Waals surface area (Å²) in [5, 5.41) is 41.1. The van der Waals surface area contributed by atoms with Crippen LogP contribution in [-0.4, -0.2) is 74.9 Å². The second kappa shape index (κ2) is 16.4. The molecule has 7 heterocycles. The number of aromatic nitrogens is 6. The number of aliphatic hydroxyl groups is 1. The van der Waals surface area contributed by atoms with Gasteiger partial charge in [-0.25, -0.2) is 24.2 Å². The van der Waals surface area contributed by atoms with Gasteiger partial charge in [0.15, 0.2) is 11.4 Å². The Hall–Kier alpha value is -6.71. The van der Waals surface area contributed by atoms with Gasteiger partial charge in [0.2, 0.25) is 0 Å². The smallest absolute Gasteiger partial charge is 0.348 e. The predicted molar refractivity (Wildman–Crippen MR) is 245 cm³/mol. The van der Waals surface area contributed by atoms with E-state index >= 15 is 0 Å². The molecule has 1 fully saturated rings. The summed E-state index contributed by atoms with van der Waals surface area (Å²) < 4.78 is 17.0. The van der Waals surface area contributed by atoms with Gasteiger partial charge >= 0.3 is 11.7 Å². The minimum absolute atomic E-state index is 0.000900. The maximum absolute atomic E-state index is 13.7. The lowest BCUT2D eigenvalue weighted by atomic mass is 9.86. The number of carbonyl (C=O) groups is 1. The zero-order chi connectivity index (χ0) is 45.3. The number of carbonyl (C=O) groups excluding carboxylic acids is 1. The van der Waals surface area contributed by atoms with E-state index in [9.17, 15) is 29.7 Å². The quantitative estimate of drug-likeness (QED) is 0.0909. The van der Waals surface area contributed by atoms with Crippen LogP contribution >= 0.6 is 0 Å². The number of hydrogen-bond acceptors (Lipinski definition) is 11. The van der Waals surface area contributed by atoms with Crippen LogP contribution in [0.2, 0.25) is 0 Å². The highest BCUT2D eigenvalue weighted by molar-refractivity contribution is 5.90. The number of nitrogens with zero attached hydrogens (tertiary/aromatic N) is 6. The molecular formula is C50H53N7O8. The summed E-state index contributed by atoms with van der Waals surface area (Å²) in [6, 6.07) is 18.6. The van der Waals surface area contributed by atoms with Crippen LogP contribution in [0.15, 0.2) is 76.4 Å². The number of hydrogen-bond donors (Lipinski definition) is 4. The summed E-state index contributed by atoms with van der Waals surface area (Å²) in [5.41, 5.74) is 4.95. The Morgan fingerprint density at radius 3 is 2.55 bits per heavy atom. The summed E-state index contributed by atoms with van der Waals surface area (Å²) in [6.45, 7) is 11.2. The van der Waals surface area contributed by atoms with Gasteiger partial charge in [0.05, 0.1) is 40.3 Å². The fraction of sp³-hybridized carbons (Fsp3) is 0.380. The largest absolute Gasteiger partial charge is 0.508 e. The molecular weight excluding hydrogens is 827 g/mol. The van der Waals surface area contributed by atoms with Crippen LogP contribution in [0.1, 0.15) is 93.5 Å². The molecule has 0 amide bonds. The average Bonchev–Trinajstić information content (AvgIpc) is 4.01. The normalized spacial score (nSPS) is 17.5. The third-order valence-electron chi connectivity index (χ3n) is 14.0. The van der Waals surface area contributed by atoms with E-state index in [1.54, 1.807) is 23.6 Å². The van der Waals surface area contributed by atoms with Crippen LogP contribution in [0.4, 0.5) is 0 Å². The van der Waals surface area contributed by atoms with Gasteiger partial charge in [0.1, 0.15) is 30.6 Å². The topological polar surface area (TPSA) is 190 Å². The Kier molecular flexibility index (Phi) is 10.6. The molecule has 65 heavy (non-hydrogen) atoms. The van der Waals surface area contributed by atoms with E-state index in [0.717, 1.165) is 90.4 Å². The Morgan fingerprint density at radius 1 is 0.969 bits per heavy atom. The number of phenols is 2. The molecule has 15 nitrogen and oxygen atoms in total. The molecule has 0 saturated carbocycles. The van der Waals surface area contributed by atoms with E-state index in [2.05, 4.69) is 44.9 Å². The highest BCUT2D eigenvalue weighted by Gasteiger charge is 2.45. The monoisotopic (exact) mass is 879 g/mol. The number of aromatic hydroxyl groups is 2. The van der Waals surface area contributed by atoms with Gasteiger partial charge in [-0.1, -0.05) is 27.7 Å². The number of fused-ring (bicyclic) bond motifs is 6. The minimum Gasteiger partial charge on any atom is -0.508 e. The number of phenolic OH excluding ortho intramolecular Hbond substituents is 2. The Labute approximate surface area is 374 Å². The minimum atomic E-state index is -1.87. The highest BCUT2D eigenvalue weighted by atomic mass is 16.6. The molecule has 10 rings (SSSR count). The number of esters is 1. The Balaban J connectivity index is 0.757. The molecule has 3 aliphatic heterocycles. The number of nitrogens with one attached hydrogen (secondary N) is 1. The maximum Gasteiger partial charge on any atom is 0.348 e. The maximum atomic E-state index is 13.7. The van der Waals surface area contributed by atoms with E-state index in [0.29, 0.717) is 58.5 Å². The molecule has 0 aliphatic carbocycles. The van der Waals surface area contributed by atoms with Gasteiger partial charge < -0.3 is 33.9 Å². The number of aryl methyl sites for hydroxylation is 2. The zero-order valence-electron chi connectivity index (χ0n) is 37.1. The number of pyridine rings is 2. The molecule has 0 bridgehead atoms. The van der Waals surface area contributed by atoms with E-state index in [1.165, 1.54) is 10.6 Å². The molecule has 1 saturated heterocycles. The van der Waals surface area contributed by atoms with Crippen molar-refractivity contribution in [3.63, 3.8) is 0 Å². The average molecular weight is 880 g/mol. The number of ether oxygens (including phenoxy) is 2. The third-order valence-corrected chi connectivity index (χ3v) is 14.0. The summed E-state index contributed by atoms with van der Waals surface area (Å²) in [5.74, 6) is 0.769. The lowest BCUT2D eigenvalue weighted by Crippen LogP contribution is -2.44. The van der Waals surface area contributed by atoms with Crippen molar-refractivity contribution in [3.8, 4) is 45.7 Å². The lowest BCUT2D eigenvalue weighted by Gasteiger charge is -2.31. The van der Waals surface area contributed by atoms with Gasteiger partial charge in [-0.3, -0.25) is 9.69 Å². The number of piperidine rings is 1. The van der Waals surface area contributed by atoms with Crippen LogP contribution in [0.5, 0.6) is 17.2 Å². The molecule has 3 aromatic carbocycles. The molecule has 3 aliphatic rings. The molecule has 15 heteroatoms. The number of H-pyrrole nitrogens is 1. The predicted octanol–water partition coefficient (Wildman–Crippen LogP) is 7.20. The summed E-state index contributed by atoms with van der Waals surface area (Å²) in [6.07, 6.45) is 7.29. The first-order valence-corrected chi connectivity index (χ1v) is 22.7. The van der Waals surface area contributed by atoms with E-state index < -0.39 is 17.3 Å². The van der Waals surface area contributed by atoms with Crippen LogP contribution in [0.25, 0.3) is 50.3 Å². The molecule has 1 unspecified atom stereocenters. The number of cyclic esters (lactones) is 1. The van der Waals surface area contributed by atoms with E-state index in [4.69, 9.17) is 14.5 Å². The van der Waals surface area contributed by atoms with Crippen LogP contribution in [-0.2, 0) is 41.2 Å². The summed E-state index contributed by atoms with van der Waals surface area (Å²) in [4.78, 5) is 46.8. The van der Waals surface area contributed by atoms with Crippen molar-refractivity contribution >= 4 is 27.8 Å². The first kappa shape index (κ1) is 42.3. The Morgan fingerprint density at radius 2 is 1.78 bits per heavy atom. The van der Waals surface area contributed by atoms with Crippen molar-refractivity contribution in [2.45, 2.75) is 97.4 Å². The van der Waals surface area contributed by atoms with Gasteiger partial charge in [-0.15, -0.1) is 0 Å². The zero-order valence-corrected chi connectivity index (χ0v) is 37.1. The number of likely N-dealkylation sites (tertiary alicyclic amines) is 1. The molecule has 336 valence electrons. The van der Waals surface area contributed by atoms with Crippen LogP contribution in [0, 0.1) is 5.92 Å². The van der Waals surface area contributed by atoms with Crippen molar-refractivity contribution in [2.75, 3.05) is 19.8 Å². The molecule has 1 atom stereocenters. The molecule has 4 aromatic heterocycles. The Bertz CT molecular complexity index is 3150. The van der Waals surface area contributed by atoms with Crippen molar-refractivity contribution < 1.29 is 29.6 Å². The van der Waals surface area contributed by atoms with E-state index in [-0.39, 0.29) is 41.8 Å². The van der Waals surface area contributed by atoms with Crippen molar-refractivity contribution in [2.24, 2.45) is 5.92 Å².